The minimum atomic E-state index is -0.203. The molecule has 6 aromatic heterocycles. The van der Waals surface area contributed by atoms with Gasteiger partial charge < -0.3 is 10.3 Å². The molecule has 0 radical (unpaired) electrons. The molecule has 0 saturated heterocycles. The van der Waals surface area contributed by atoms with E-state index in [1.165, 1.54) is 4.88 Å². The average Bonchev–Trinajstić information content (AvgIpc) is 3.71. The minimum Gasteiger partial charge on any atom is -0.321 e. The molecule has 9 nitrogen and oxygen atoms in total. The molecular formula is C29H20N8OS. The van der Waals surface area contributed by atoms with Crippen LogP contribution < -0.4 is 5.32 Å². The molecule has 10 heteroatoms. The Kier molecular flexibility index (Phi) is 5.45. The standard InChI is InChI=1S/C29H20N8OS/c1-16-7-10-23(39-16)20-11-12-31-27-24(20)34-28(35-27)26-25-22(36-37-26)9-8-21(33-25)18-13-19(15-30-14-18)32-29(38)17-5-3-2-4-6-17/h2-15H,1H3,(H,32,38)(H,36,37)(H,31,34,35). The number of pyridine rings is 3. The highest BCUT2D eigenvalue weighted by molar-refractivity contribution is 7.15. The quantitative estimate of drug-likeness (QED) is 0.243. The predicted octanol–water partition coefficient (Wildman–Crippen LogP) is 6.25. The topological polar surface area (TPSA) is 125 Å². The van der Waals surface area contributed by atoms with Crippen LogP contribution in [0.3, 0.4) is 0 Å². The van der Waals surface area contributed by atoms with E-state index >= 15 is 0 Å². The maximum Gasteiger partial charge on any atom is 0.255 e. The summed E-state index contributed by atoms with van der Waals surface area (Å²) in [5.41, 5.74) is 7.14. The van der Waals surface area contributed by atoms with Gasteiger partial charge in [0, 0.05) is 38.8 Å². The monoisotopic (exact) mass is 528 g/mol. The summed E-state index contributed by atoms with van der Waals surface area (Å²) in [5, 5.41) is 10.5. The van der Waals surface area contributed by atoms with E-state index < -0.39 is 0 Å². The molecule has 6 heterocycles. The first kappa shape index (κ1) is 22.9. The number of amides is 1. The third-order valence-corrected chi connectivity index (χ3v) is 7.38. The lowest BCUT2D eigenvalue weighted by molar-refractivity contribution is 0.102. The molecule has 188 valence electrons. The first-order chi connectivity index (χ1) is 19.1. The molecule has 0 aliphatic heterocycles. The van der Waals surface area contributed by atoms with Crippen LogP contribution in [0.1, 0.15) is 15.2 Å². The second-order valence-electron chi connectivity index (χ2n) is 9.00. The lowest BCUT2D eigenvalue weighted by Gasteiger charge is -2.07. The molecule has 0 aliphatic rings. The summed E-state index contributed by atoms with van der Waals surface area (Å²) in [4.78, 5) is 36.9. The molecule has 1 amide bonds. The van der Waals surface area contributed by atoms with Crippen molar-refractivity contribution in [2.45, 2.75) is 6.92 Å². The van der Waals surface area contributed by atoms with Crippen LogP contribution in [0.25, 0.3) is 55.4 Å². The number of benzene rings is 1. The minimum absolute atomic E-state index is 0.203. The van der Waals surface area contributed by atoms with Gasteiger partial charge in [-0.2, -0.15) is 5.10 Å². The van der Waals surface area contributed by atoms with Crippen molar-refractivity contribution >= 4 is 45.1 Å². The van der Waals surface area contributed by atoms with Gasteiger partial charge in [-0.25, -0.2) is 15.0 Å². The Bertz CT molecular complexity index is 1990. The van der Waals surface area contributed by atoms with E-state index in [1.807, 2.05) is 42.5 Å². The Labute approximate surface area is 226 Å². The number of nitrogens with one attached hydrogen (secondary N) is 3. The molecule has 0 unspecified atom stereocenters. The summed E-state index contributed by atoms with van der Waals surface area (Å²) < 4.78 is 0. The number of fused-ring (bicyclic) bond motifs is 2. The Morgan fingerprint density at radius 2 is 1.85 bits per heavy atom. The molecular weight excluding hydrogens is 508 g/mol. The van der Waals surface area contributed by atoms with Gasteiger partial charge in [0.15, 0.2) is 17.2 Å². The van der Waals surface area contributed by atoms with Crippen LogP contribution in [0.4, 0.5) is 5.69 Å². The number of aromatic nitrogens is 7. The summed E-state index contributed by atoms with van der Waals surface area (Å²) in [5.74, 6) is 0.377. The largest absolute Gasteiger partial charge is 0.321 e. The second kappa shape index (κ2) is 9.26. The molecule has 3 N–H and O–H groups in total. The van der Waals surface area contributed by atoms with Crippen molar-refractivity contribution in [3.05, 3.63) is 95.8 Å². The second-order valence-corrected chi connectivity index (χ2v) is 10.3. The fourth-order valence-electron chi connectivity index (χ4n) is 4.47. The molecule has 0 fully saturated rings. The van der Waals surface area contributed by atoms with Crippen molar-refractivity contribution in [2.24, 2.45) is 0 Å². The molecule has 7 rings (SSSR count). The number of anilines is 1. The van der Waals surface area contributed by atoms with Gasteiger partial charge in [-0.05, 0) is 55.5 Å². The van der Waals surface area contributed by atoms with Gasteiger partial charge in [0.05, 0.1) is 23.1 Å². The van der Waals surface area contributed by atoms with Crippen molar-refractivity contribution in [1.29, 1.82) is 0 Å². The van der Waals surface area contributed by atoms with Gasteiger partial charge in [-0.3, -0.25) is 14.9 Å². The maximum atomic E-state index is 12.6. The van der Waals surface area contributed by atoms with Crippen LogP contribution in [0.5, 0.6) is 0 Å². The lowest BCUT2D eigenvalue weighted by Crippen LogP contribution is -2.11. The van der Waals surface area contributed by atoms with Crippen molar-refractivity contribution in [1.82, 2.24) is 35.1 Å². The molecule has 0 spiro atoms. The maximum absolute atomic E-state index is 12.6. The van der Waals surface area contributed by atoms with E-state index in [-0.39, 0.29) is 5.91 Å². The van der Waals surface area contributed by atoms with E-state index in [0.717, 1.165) is 27.0 Å². The number of carbonyl (C=O) groups is 1. The fourth-order valence-corrected chi connectivity index (χ4v) is 5.36. The Balaban J connectivity index is 1.25. The van der Waals surface area contributed by atoms with Gasteiger partial charge in [0.1, 0.15) is 11.0 Å². The van der Waals surface area contributed by atoms with Crippen molar-refractivity contribution in [3.63, 3.8) is 0 Å². The summed E-state index contributed by atoms with van der Waals surface area (Å²) in [6.07, 6.45) is 5.11. The fraction of sp³-hybridized carbons (Fsp3) is 0.0345. The average molecular weight is 529 g/mol. The highest BCUT2D eigenvalue weighted by atomic mass is 32.1. The number of imidazole rings is 1. The molecule has 39 heavy (non-hydrogen) atoms. The summed E-state index contributed by atoms with van der Waals surface area (Å²) >= 11 is 1.72. The van der Waals surface area contributed by atoms with Gasteiger partial charge in [-0.1, -0.05) is 18.2 Å². The van der Waals surface area contributed by atoms with E-state index in [0.29, 0.717) is 39.6 Å². The zero-order valence-electron chi connectivity index (χ0n) is 20.6. The normalized spacial score (nSPS) is 11.3. The molecule has 7 aromatic rings. The Morgan fingerprint density at radius 3 is 2.69 bits per heavy atom. The van der Waals surface area contributed by atoms with Crippen LogP contribution in [-0.2, 0) is 0 Å². The van der Waals surface area contributed by atoms with E-state index in [1.54, 1.807) is 42.1 Å². The lowest BCUT2D eigenvalue weighted by atomic mass is 10.1. The van der Waals surface area contributed by atoms with Gasteiger partial charge in [0.25, 0.3) is 5.91 Å². The van der Waals surface area contributed by atoms with Crippen LogP contribution in [0.15, 0.2) is 85.3 Å². The number of rotatable bonds is 5. The predicted molar refractivity (Wildman–Crippen MR) is 152 cm³/mol. The number of carbonyl (C=O) groups excluding carboxylic acids is 1. The SMILES string of the molecule is Cc1ccc(-c2ccnc3[nH]c(-c4n[nH]c5ccc(-c6cncc(NC(=O)c7ccccc7)c6)nc45)nc23)s1. The highest BCUT2D eigenvalue weighted by Crippen LogP contribution is 2.34. The molecule has 1 aromatic carbocycles. The van der Waals surface area contributed by atoms with E-state index in [9.17, 15) is 4.79 Å². The Hall–Kier alpha value is -5.22. The number of H-pyrrole nitrogens is 2. The summed E-state index contributed by atoms with van der Waals surface area (Å²) in [6, 6.07) is 20.9. The first-order valence-electron chi connectivity index (χ1n) is 12.2. The number of hydrogen-bond donors (Lipinski definition) is 3. The molecule has 0 atom stereocenters. The smallest absolute Gasteiger partial charge is 0.255 e. The van der Waals surface area contributed by atoms with Crippen molar-refractivity contribution in [2.75, 3.05) is 5.32 Å². The van der Waals surface area contributed by atoms with Crippen molar-refractivity contribution in [3.8, 4) is 33.2 Å². The molecule has 0 aliphatic carbocycles. The van der Waals surface area contributed by atoms with Crippen molar-refractivity contribution < 1.29 is 4.79 Å². The number of nitrogens with zero attached hydrogens (tertiary/aromatic N) is 5. The van der Waals surface area contributed by atoms with E-state index in [4.69, 9.17) is 9.97 Å². The summed E-state index contributed by atoms with van der Waals surface area (Å²) in [7, 11) is 0. The van der Waals surface area contributed by atoms with Crippen LogP contribution in [-0.4, -0.2) is 41.0 Å². The zero-order valence-corrected chi connectivity index (χ0v) is 21.5. The van der Waals surface area contributed by atoms with Gasteiger partial charge in [-0.15, -0.1) is 11.3 Å². The number of aromatic amines is 2. The number of aryl methyl sites for hydroxylation is 1. The third kappa shape index (κ3) is 4.22. The highest BCUT2D eigenvalue weighted by Gasteiger charge is 2.18. The molecule has 0 bridgehead atoms. The zero-order chi connectivity index (χ0) is 26.3. The number of hydrogen-bond acceptors (Lipinski definition) is 7. The molecule has 0 saturated carbocycles. The third-order valence-electron chi connectivity index (χ3n) is 6.35. The van der Waals surface area contributed by atoms with Gasteiger partial charge >= 0.3 is 0 Å². The Morgan fingerprint density at radius 1 is 0.949 bits per heavy atom. The van der Waals surface area contributed by atoms with Gasteiger partial charge in [0.2, 0.25) is 0 Å². The van der Waals surface area contributed by atoms with Crippen LogP contribution in [0, 0.1) is 6.92 Å². The summed E-state index contributed by atoms with van der Waals surface area (Å²) in [6.45, 7) is 2.09. The van der Waals surface area contributed by atoms with Crippen LogP contribution in [0.2, 0.25) is 0 Å². The first-order valence-corrected chi connectivity index (χ1v) is 13.0. The van der Waals surface area contributed by atoms with E-state index in [2.05, 4.69) is 49.5 Å². The number of thiophene rings is 1. The van der Waals surface area contributed by atoms with Crippen LogP contribution >= 0.6 is 11.3 Å².